The largest absolute Gasteiger partial charge is 0.257 e. The molecule has 0 unspecified atom stereocenters. The fourth-order valence-electron chi connectivity index (χ4n) is 0.737. The Balaban J connectivity index is 2.84. The van der Waals surface area contributed by atoms with E-state index in [2.05, 4.69) is 32.9 Å². The number of nitrogens with zero attached hydrogens (tertiary/aromatic N) is 2. The van der Waals surface area contributed by atoms with Crippen molar-refractivity contribution in [2.45, 2.75) is 20.4 Å². The quantitative estimate of drug-likeness (QED) is 0.652. The Kier molecular flexibility index (Phi) is 2.72. The van der Waals surface area contributed by atoms with Gasteiger partial charge in [-0.05, 0) is 29.8 Å². The van der Waals surface area contributed by atoms with Gasteiger partial charge in [-0.15, -0.1) is 5.92 Å². The molecule has 0 aliphatic heterocycles. The predicted octanol–water partition coefficient (Wildman–Crippen LogP) is 1.98. The Morgan fingerprint density at radius 2 is 2.45 bits per heavy atom. The van der Waals surface area contributed by atoms with Gasteiger partial charge in [0.2, 0.25) is 0 Å². The van der Waals surface area contributed by atoms with E-state index >= 15 is 0 Å². The van der Waals surface area contributed by atoms with Crippen molar-refractivity contribution in [1.29, 1.82) is 0 Å². The highest BCUT2D eigenvalue weighted by Gasteiger charge is 1.99. The van der Waals surface area contributed by atoms with Crippen LogP contribution >= 0.6 is 15.9 Å². The Morgan fingerprint density at radius 3 is 2.91 bits per heavy atom. The monoisotopic (exact) mass is 212 g/mol. The second-order valence-electron chi connectivity index (χ2n) is 2.16. The van der Waals surface area contributed by atoms with Crippen molar-refractivity contribution >= 4 is 15.9 Å². The summed E-state index contributed by atoms with van der Waals surface area (Å²) in [6.07, 6.45) is 1.78. The molecule has 0 saturated carbocycles. The van der Waals surface area contributed by atoms with Gasteiger partial charge in [0, 0.05) is 0 Å². The van der Waals surface area contributed by atoms with Gasteiger partial charge in [0.15, 0.2) is 0 Å². The average molecular weight is 213 g/mol. The Bertz CT molecular complexity index is 304. The highest BCUT2D eigenvalue weighted by molar-refractivity contribution is 9.10. The molecule has 0 radical (unpaired) electrons. The molecule has 3 heteroatoms. The predicted molar refractivity (Wildman–Crippen MR) is 48.1 cm³/mol. The number of hydrogen-bond acceptors (Lipinski definition) is 1. The van der Waals surface area contributed by atoms with Crippen LogP contribution in [0.4, 0.5) is 0 Å². The van der Waals surface area contributed by atoms with Crippen LogP contribution in [-0.4, -0.2) is 9.78 Å². The van der Waals surface area contributed by atoms with E-state index in [0.717, 1.165) is 10.2 Å². The van der Waals surface area contributed by atoms with E-state index in [1.54, 1.807) is 6.20 Å². The maximum Gasteiger partial charge on any atom is 0.102 e. The van der Waals surface area contributed by atoms with Crippen LogP contribution in [0.25, 0.3) is 0 Å². The Labute approximate surface area is 74.7 Å². The summed E-state index contributed by atoms with van der Waals surface area (Å²) < 4.78 is 2.90. The van der Waals surface area contributed by atoms with Crippen molar-refractivity contribution in [3.8, 4) is 11.8 Å². The first kappa shape index (κ1) is 8.35. The van der Waals surface area contributed by atoms with Crippen molar-refractivity contribution in [3.05, 3.63) is 16.4 Å². The highest BCUT2D eigenvalue weighted by Crippen LogP contribution is 2.13. The van der Waals surface area contributed by atoms with Crippen molar-refractivity contribution in [3.63, 3.8) is 0 Å². The minimum absolute atomic E-state index is 0.675. The van der Waals surface area contributed by atoms with E-state index in [9.17, 15) is 0 Å². The molecule has 1 heterocycles. The molecule has 0 bridgehead atoms. The van der Waals surface area contributed by atoms with E-state index < -0.39 is 0 Å². The van der Waals surface area contributed by atoms with Crippen LogP contribution in [-0.2, 0) is 6.54 Å². The van der Waals surface area contributed by atoms with Crippen LogP contribution in [0.15, 0.2) is 10.7 Å². The molecular weight excluding hydrogens is 204 g/mol. The lowest BCUT2D eigenvalue weighted by molar-refractivity contribution is 0.690. The number of halogens is 1. The van der Waals surface area contributed by atoms with Crippen molar-refractivity contribution < 1.29 is 0 Å². The zero-order valence-corrected chi connectivity index (χ0v) is 8.14. The third-order valence-electron chi connectivity index (χ3n) is 1.45. The van der Waals surface area contributed by atoms with Gasteiger partial charge < -0.3 is 0 Å². The van der Waals surface area contributed by atoms with Gasteiger partial charge in [-0.25, -0.2) is 0 Å². The van der Waals surface area contributed by atoms with E-state index in [4.69, 9.17) is 0 Å². The lowest BCUT2D eigenvalue weighted by atomic mass is 10.5. The summed E-state index contributed by atoms with van der Waals surface area (Å²) in [4.78, 5) is 0. The molecule has 0 aliphatic carbocycles. The van der Waals surface area contributed by atoms with E-state index in [-0.39, 0.29) is 0 Å². The first-order chi connectivity index (χ1) is 5.25. The SMILES string of the molecule is CC#CCn1ncc(Br)c1C. The van der Waals surface area contributed by atoms with Gasteiger partial charge in [-0.2, -0.15) is 5.10 Å². The third-order valence-corrected chi connectivity index (χ3v) is 2.23. The zero-order valence-electron chi connectivity index (χ0n) is 6.56. The Hall–Kier alpha value is -0.750. The van der Waals surface area contributed by atoms with Gasteiger partial charge in [0.05, 0.1) is 16.4 Å². The standard InChI is InChI=1S/C8H9BrN2/c1-3-4-5-11-7(2)8(9)6-10-11/h6H,5H2,1-2H3. The van der Waals surface area contributed by atoms with Crippen molar-refractivity contribution in [2.75, 3.05) is 0 Å². The summed E-state index contributed by atoms with van der Waals surface area (Å²) in [6.45, 7) is 4.51. The maximum atomic E-state index is 4.12. The van der Waals surface area contributed by atoms with Gasteiger partial charge in [0.25, 0.3) is 0 Å². The molecule has 0 atom stereocenters. The molecule has 1 aromatic heterocycles. The molecule has 0 spiro atoms. The Morgan fingerprint density at radius 1 is 1.73 bits per heavy atom. The molecular formula is C8H9BrN2. The van der Waals surface area contributed by atoms with Gasteiger partial charge in [0.1, 0.15) is 6.54 Å². The summed E-state index contributed by atoms with van der Waals surface area (Å²) in [6, 6.07) is 0. The molecule has 11 heavy (non-hydrogen) atoms. The molecule has 0 fully saturated rings. The van der Waals surface area contributed by atoms with Gasteiger partial charge in [-0.3, -0.25) is 4.68 Å². The zero-order chi connectivity index (χ0) is 8.27. The van der Waals surface area contributed by atoms with Crippen LogP contribution in [0.2, 0.25) is 0 Å². The van der Waals surface area contributed by atoms with Gasteiger partial charge >= 0.3 is 0 Å². The second-order valence-corrected chi connectivity index (χ2v) is 3.02. The fourth-order valence-corrected chi connectivity index (χ4v) is 1.03. The smallest absolute Gasteiger partial charge is 0.102 e. The van der Waals surface area contributed by atoms with Gasteiger partial charge in [-0.1, -0.05) is 5.92 Å². The second kappa shape index (κ2) is 3.59. The lowest BCUT2D eigenvalue weighted by Gasteiger charge is -1.96. The number of aromatic nitrogens is 2. The lowest BCUT2D eigenvalue weighted by Crippen LogP contribution is -1.99. The minimum Gasteiger partial charge on any atom is -0.257 e. The average Bonchev–Trinajstić information content (AvgIpc) is 2.31. The van der Waals surface area contributed by atoms with Crippen LogP contribution < -0.4 is 0 Å². The van der Waals surface area contributed by atoms with E-state index in [1.807, 2.05) is 18.5 Å². The molecule has 0 saturated heterocycles. The number of rotatable bonds is 1. The van der Waals surface area contributed by atoms with Crippen LogP contribution in [0.5, 0.6) is 0 Å². The van der Waals surface area contributed by atoms with E-state index in [0.29, 0.717) is 6.54 Å². The first-order valence-electron chi connectivity index (χ1n) is 3.33. The summed E-state index contributed by atoms with van der Waals surface area (Å²) in [7, 11) is 0. The minimum atomic E-state index is 0.675. The van der Waals surface area contributed by atoms with Crippen LogP contribution in [0.3, 0.4) is 0 Å². The third kappa shape index (κ3) is 1.84. The summed E-state index contributed by atoms with van der Waals surface area (Å²) >= 11 is 3.38. The van der Waals surface area contributed by atoms with Crippen LogP contribution in [0.1, 0.15) is 12.6 Å². The normalized spacial score (nSPS) is 9.00. The first-order valence-corrected chi connectivity index (χ1v) is 4.12. The molecule has 58 valence electrons. The van der Waals surface area contributed by atoms with Crippen molar-refractivity contribution in [1.82, 2.24) is 9.78 Å². The molecule has 2 nitrogen and oxygen atoms in total. The summed E-state index contributed by atoms with van der Waals surface area (Å²) in [5, 5.41) is 4.12. The van der Waals surface area contributed by atoms with Crippen LogP contribution in [0, 0.1) is 18.8 Å². The van der Waals surface area contributed by atoms with Crippen molar-refractivity contribution in [2.24, 2.45) is 0 Å². The molecule has 0 aliphatic rings. The maximum absolute atomic E-state index is 4.12. The molecule has 0 N–H and O–H groups in total. The summed E-state index contributed by atoms with van der Waals surface area (Å²) in [5.41, 5.74) is 1.12. The number of hydrogen-bond donors (Lipinski definition) is 0. The molecule has 0 aromatic carbocycles. The molecule has 1 rings (SSSR count). The molecule has 0 amide bonds. The molecule has 1 aromatic rings. The topological polar surface area (TPSA) is 17.8 Å². The highest BCUT2D eigenvalue weighted by atomic mass is 79.9. The van der Waals surface area contributed by atoms with E-state index in [1.165, 1.54) is 0 Å². The fraction of sp³-hybridized carbons (Fsp3) is 0.375. The summed E-state index contributed by atoms with van der Waals surface area (Å²) in [5.74, 6) is 5.77.